The van der Waals surface area contributed by atoms with E-state index in [9.17, 15) is 9.59 Å². The Hall–Kier alpha value is -1.14. The maximum atomic E-state index is 11.5. The number of carbonyl (C=O) groups excluding carboxylic acids is 2. The molecule has 5 nitrogen and oxygen atoms in total. The van der Waals surface area contributed by atoms with E-state index >= 15 is 0 Å². The number of halogens is 1. The van der Waals surface area contributed by atoms with Gasteiger partial charge in [0.05, 0.1) is 5.54 Å². The summed E-state index contributed by atoms with van der Waals surface area (Å²) in [6.45, 7) is 3.63. The summed E-state index contributed by atoms with van der Waals surface area (Å²) in [6.07, 6.45) is 1.78. The number of aromatic nitrogens is 1. The molecule has 2 N–H and O–H groups in total. The molecule has 0 atom stereocenters. The van der Waals surface area contributed by atoms with E-state index in [1.54, 1.807) is 6.20 Å². The molecule has 0 bridgehead atoms. The van der Waals surface area contributed by atoms with Crippen LogP contribution >= 0.6 is 22.9 Å². The largest absolute Gasteiger partial charge is 0.326 e. The molecule has 0 radical (unpaired) electrons. The van der Waals surface area contributed by atoms with Crippen molar-refractivity contribution >= 4 is 34.9 Å². The Morgan fingerprint density at radius 3 is 2.76 bits per heavy atom. The predicted octanol–water partition coefficient (Wildman–Crippen LogP) is 1.83. The van der Waals surface area contributed by atoms with Crippen molar-refractivity contribution in [2.45, 2.75) is 25.8 Å². The number of thiazole rings is 1. The molecule has 0 unspecified atom stereocenters. The van der Waals surface area contributed by atoms with Crippen LogP contribution in [-0.2, 0) is 10.3 Å². The summed E-state index contributed by atoms with van der Waals surface area (Å²) in [5, 5.41) is 7.49. The van der Waals surface area contributed by atoms with E-state index in [2.05, 4.69) is 15.6 Å². The van der Waals surface area contributed by atoms with Gasteiger partial charge in [-0.25, -0.2) is 9.78 Å². The zero-order valence-corrected chi connectivity index (χ0v) is 11.2. The van der Waals surface area contributed by atoms with Gasteiger partial charge in [-0.15, -0.1) is 22.9 Å². The summed E-state index contributed by atoms with van der Waals surface area (Å²) in [5.74, 6) is -0.206. The molecule has 0 spiro atoms. The average molecular weight is 276 g/mol. The van der Waals surface area contributed by atoms with Gasteiger partial charge in [-0.2, -0.15) is 0 Å². The molecule has 1 rings (SSSR count). The van der Waals surface area contributed by atoms with Crippen LogP contribution in [0.25, 0.3) is 0 Å². The minimum Gasteiger partial charge on any atom is -0.326 e. The molecular weight excluding hydrogens is 262 g/mol. The van der Waals surface area contributed by atoms with Crippen molar-refractivity contribution in [2.24, 2.45) is 0 Å². The number of carbonyl (C=O) groups is 2. The van der Waals surface area contributed by atoms with Crippen LogP contribution in [0.2, 0.25) is 0 Å². The number of nitrogens with zero attached hydrogens (tertiary/aromatic N) is 1. The van der Waals surface area contributed by atoms with Gasteiger partial charge in [-0.05, 0) is 13.8 Å². The second-order valence-corrected chi connectivity index (χ2v) is 5.18. The van der Waals surface area contributed by atoms with Crippen molar-refractivity contribution in [1.82, 2.24) is 15.6 Å². The molecule has 1 aromatic heterocycles. The highest BCUT2D eigenvalue weighted by molar-refractivity contribution is 7.09. The van der Waals surface area contributed by atoms with E-state index in [-0.39, 0.29) is 12.3 Å². The second-order valence-electron chi connectivity index (χ2n) is 3.90. The Balaban J connectivity index is 2.53. The van der Waals surface area contributed by atoms with Crippen LogP contribution in [0.15, 0.2) is 11.6 Å². The van der Waals surface area contributed by atoms with Crippen molar-refractivity contribution in [3.8, 4) is 0 Å². The first-order valence-electron chi connectivity index (χ1n) is 5.03. The Morgan fingerprint density at radius 2 is 2.24 bits per heavy atom. The van der Waals surface area contributed by atoms with E-state index in [0.717, 1.165) is 5.01 Å². The van der Waals surface area contributed by atoms with Gasteiger partial charge in [0, 0.05) is 23.9 Å². The maximum absolute atomic E-state index is 11.5. The fourth-order valence-electron chi connectivity index (χ4n) is 1.18. The molecule has 3 amide bonds. The summed E-state index contributed by atoms with van der Waals surface area (Å²) >= 11 is 6.83. The van der Waals surface area contributed by atoms with Crippen LogP contribution in [0.1, 0.15) is 25.3 Å². The van der Waals surface area contributed by atoms with Crippen LogP contribution < -0.4 is 10.6 Å². The highest BCUT2D eigenvalue weighted by Crippen LogP contribution is 2.21. The monoisotopic (exact) mass is 275 g/mol. The highest BCUT2D eigenvalue weighted by atomic mass is 35.5. The summed E-state index contributed by atoms with van der Waals surface area (Å²) in [5.41, 5.74) is -0.612. The topological polar surface area (TPSA) is 71.1 Å². The van der Waals surface area contributed by atoms with E-state index in [1.807, 2.05) is 19.2 Å². The smallest absolute Gasteiger partial charge is 0.322 e. The fraction of sp³-hybridized carbons (Fsp3) is 0.500. The third-order valence-electron chi connectivity index (χ3n) is 1.97. The molecule has 1 heterocycles. The van der Waals surface area contributed by atoms with Crippen LogP contribution in [0.4, 0.5) is 4.79 Å². The SMILES string of the molecule is CC(C)(NC(=O)NC(=O)CCCl)c1nccs1. The average Bonchev–Trinajstić information content (AvgIpc) is 2.69. The van der Waals surface area contributed by atoms with Crippen molar-refractivity contribution in [3.63, 3.8) is 0 Å². The zero-order valence-electron chi connectivity index (χ0n) is 9.62. The number of hydrogen-bond donors (Lipinski definition) is 2. The Labute approximate surface area is 109 Å². The summed E-state index contributed by atoms with van der Waals surface area (Å²) in [6, 6.07) is -0.541. The lowest BCUT2D eigenvalue weighted by Gasteiger charge is -2.23. The molecule has 17 heavy (non-hydrogen) atoms. The van der Waals surface area contributed by atoms with Gasteiger partial charge in [-0.3, -0.25) is 10.1 Å². The first-order chi connectivity index (χ1) is 7.95. The zero-order chi connectivity index (χ0) is 12.9. The number of alkyl halides is 1. The molecule has 0 aliphatic carbocycles. The normalized spacial score (nSPS) is 11.0. The standard InChI is InChI=1S/C10H14ClN3O2S/c1-10(2,8-12-5-6-17-8)14-9(16)13-7(15)3-4-11/h5-6H,3-4H2,1-2H3,(H2,13,14,15,16). The van der Waals surface area contributed by atoms with E-state index in [0.29, 0.717) is 0 Å². The van der Waals surface area contributed by atoms with E-state index in [1.165, 1.54) is 11.3 Å². The first kappa shape index (κ1) is 13.9. The molecular formula is C10H14ClN3O2S. The van der Waals surface area contributed by atoms with Gasteiger partial charge in [0.1, 0.15) is 5.01 Å². The van der Waals surface area contributed by atoms with Crippen LogP contribution in [0.5, 0.6) is 0 Å². The number of urea groups is 1. The number of rotatable bonds is 4. The first-order valence-corrected chi connectivity index (χ1v) is 6.45. The van der Waals surface area contributed by atoms with Gasteiger partial charge in [0.25, 0.3) is 0 Å². The Morgan fingerprint density at radius 1 is 1.53 bits per heavy atom. The maximum Gasteiger partial charge on any atom is 0.322 e. The molecule has 0 saturated carbocycles. The second kappa shape index (κ2) is 5.97. The molecule has 0 fully saturated rings. The van der Waals surface area contributed by atoms with Crippen LogP contribution in [0, 0.1) is 0 Å². The van der Waals surface area contributed by atoms with Crippen molar-refractivity contribution < 1.29 is 9.59 Å². The van der Waals surface area contributed by atoms with Crippen molar-refractivity contribution in [3.05, 3.63) is 16.6 Å². The Bertz CT molecular complexity index is 392. The third kappa shape index (κ3) is 4.32. The van der Waals surface area contributed by atoms with Gasteiger partial charge >= 0.3 is 6.03 Å². The summed E-state index contributed by atoms with van der Waals surface area (Å²) in [4.78, 5) is 26.8. The minimum atomic E-state index is -0.612. The van der Waals surface area contributed by atoms with Gasteiger partial charge < -0.3 is 5.32 Å². The highest BCUT2D eigenvalue weighted by Gasteiger charge is 2.25. The molecule has 0 aliphatic rings. The number of imide groups is 1. The quantitative estimate of drug-likeness (QED) is 0.824. The number of amides is 3. The molecule has 0 saturated heterocycles. The van der Waals surface area contributed by atoms with Crippen molar-refractivity contribution in [1.29, 1.82) is 0 Å². The molecule has 0 aromatic carbocycles. The number of nitrogens with one attached hydrogen (secondary N) is 2. The number of hydrogen-bond acceptors (Lipinski definition) is 4. The lowest BCUT2D eigenvalue weighted by molar-refractivity contribution is -0.119. The minimum absolute atomic E-state index is 0.118. The van der Waals surface area contributed by atoms with Crippen LogP contribution in [-0.4, -0.2) is 22.8 Å². The Kier molecular flexibility index (Phi) is 4.89. The lowest BCUT2D eigenvalue weighted by atomic mass is 10.1. The third-order valence-corrected chi connectivity index (χ3v) is 3.25. The van der Waals surface area contributed by atoms with Crippen molar-refractivity contribution in [2.75, 3.05) is 5.88 Å². The summed E-state index contributed by atoms with van der Waals surface area (Å²) < 4.78 is 0. The van der Waals surface area contributed by atoms with E-state index < -0.39 is 17.5 Å². The van der Waals surface area contributed by atoms with Crippen LogP contribution in [0.3, 0.4) is 0 Å². The predicted molar refractivity (Wildman–Crippen MR) is 67.2 cm³/mol. The van der Waals surface area contributed by atoms with Gasteiger partial charge in [0.15, 0.2) is 0 Å². The summed E-state index contributed by atoms with van der Waals surface area (Å²) in [7, 11) is 0. The molecule has 1 aromatic rings. The molecule has 7 heteroatoms. The fourth-order valence-corrected chi connectivity index (χ4v) is 2.07. The van der Waals surface area contributed by atoms with E-state index in [4.69, 9.17) is 11.6 Å². The van der Waals surface area contributed by atoms with Gasteiger partial charge in [0.2, 0.25) is 5.91 Å². The lowest BCUT2D eigenvalue weighted by Crippen LogP contribution is -2.48. The molecule has 94 valence electrons. The molecule has 0 aliphatic heterocycles. The van der Waals surface area contributed by atoms with Gasteiger partial charge in [-0.1, -0.05) is 0 Å².